The molecular formula is C15H21N3O2S. The highest BCUT2D eigenvalue weighted by Crippen LogP contribution is 2.37. The fourth-order valence-electron chi connectivity index (χ4n) is 2.40. The number of rotatable bonds is 7. The molecule has 2 aliphatic carbocycles. The van der Waals surface area contributed by atoms with Crippen LogP contribution in [0.15, 0.2) is 17.2 Å². The van der Waals surface area contributed by atoms with Gasteiger partial charge in [0.2, 0.25) is 10.0 Å². The van der Waals surface area contributed by atoms with Gasteiger partial charge in [-0.25, -0.2) is 8.42 Å². The first-order valence-corrected chi connectivity index (χ1v) is 8.80. The third-order valence-corrected chi connectivity index (χ3v) is 5.79. The van der Waals surface area contributed by atoms with Crippen molar-refractivity contribution in [1.29, 1.82) is 0 Å². The molecule has 2 aliphatic rings. The molecule has 21 heavy (non-hydrogen) atoms. The van der Waals surface area contributed by atoms with Crippen LogP contribution in [0.5, 0.6) is 0 Å². The van der Waals surface area contributed by atoms with Crippen molar-refractivity contribution >= 4 is 10.0 Å². The highest BCUT2D eigenvalue weighted by Gasteiger charge is 2.30. The molecule has 3 rings (SSSR count). The number of hydrogen-bond donors (Lipinski definition) is 1. The van der Waals surface area contributed by atoms with Gasteiger partial charge in [-0.2, -0.15) is 4.31 Å². The van der Waals surface area contributed by atoms with E-state index in [2.05, 4.69) is 15.8 Å². The summed E-state index contributed by atoms with van der Waals surface area (Å²) in [5.41, 5.74) is 1.05. The summed E-state index contributed by atoms with van der Waals surface area (Å²) in [6.45, 7) is 0.822. The number of hydrogen-bond acceptors (Lipinski definition) is 3. The molecule has 6 heteroatoms. The molecule has 0 bridgehead atoms. The Kier molecular flexibility index (Phi) is 3.82. The minimum absolute atomic E-state index is 0.0899. The van der Waals surface area contributed by atoms with E-state index in [1.165, 1.54) is 24.2 Å². The Labute approximate surface area is 126 Å². The van der Waals surface area contributed by atoms with Crippen molar-refractivity contribution in [2.75, 3.05) is 13.6 Å². The van der Waals surface area contributed by atoms with Gasteiger partial charge >= 0.3 is 0 Å². The fourth-order valence-corrected chi connectivity index (χ4v) is 3.54. The van der Waals surface area contributed by atoms with Crippen molar-refractivity contribution in [2.45, 2.75) is 49.2 Å². The number of aromatic nitrogens is 1. The first-order chi connectivity index (χ1) is 10.0. The SMILES string of the molecule is C#CCN(C)S(=O)(=O)c1cc(CNC2CC2)n(C2CC2)c1. The van der Waals surface area contributed by atoms with Gasteiger partial charge in [-0.1, -0.05) is 5.92 Å². The van der Waals surface area contributed by atoms with E-state index in [-0.39, 0.29) is 6.54 Å². The Morgan fingerprint density at radius 3 is 2.71 bits per heavy atom. The number of nitrogens with zero attached hydrogens (tertiary/aromatic N) is 2. The summed E-state index contributed by atoms with van der Waals surface area (Å²) >= 11 is 0. The van der Waals surface area contributed by atoms with Crippen molar-refractivity contribution in [1.82, 2.24) is 14.2 Å². The van der Waals surface area contributed by atoms with Crippen LogP contribution < -0.4 is 5.32 Å². The molecule has 2 saturated carbocycles. The molecule has 0 atom stereocenters. The van der Waals surface area contributed by atoms with E-state index in [0.717, 1.165) is 25.1 Å². The zero-order chi connectivity index (χ0) is 15.0. The van der Waals surface area contributed by atoms with Gasteiger partial charge in [0.05, 0.1) is 6.54 Å². The van der Waals surface area contributed by atoms with E-state index in [9.17, 15) is 8.42 Å². The minimum Gasteiger partial charge on any atom is -0.346 e. The van der Waals surface area contributed by atoms with Crippen LogP contribution in [0.1, 0.15) is 37.4 Å². The number of sulfonamides is 1. The normalized spacial score (nSPS) is 18.9. The van der Waals surface area contributed by atoms with Gasteiger partial charge in [0.25, 0.3) is 0 Å². The van der Waals surface area contributed by atoms with E-state index in [0.29, 0.717) is 17.0 Å². The van der Waals surface area contributed by atoms with E-state index in [1.54, 1.807) is 12.3 Å². The van der Waals surface area contributed by atoms with Crippen molar-refractivity contribution in [3.05, 3.63) is 18.0 Å². The summed E-state index contributed by atoms with van der Waals surface area (Å²) < 4.78 is 28.3. The predicted molar refractivity (Wildman–Crippen MR) is 81.2 cm³/mol. The monoisotopic (exact) mass is 307 g/mol. The Morgan fingerprint density at radius 1 is 1.43 bits per heavy atom. The molecular weight excluding hydrogens is 286 g/mol. The molecule has 0 unspecified atom stereocenters. The second-order valence-corrected chi connectivity index (χ2v) is 7.97. The molecule has 114 valence electrons. The standard InChI is InChI=1S/C15H21N3O2S/c1-3-8-17(2)21(19,20)15-9-14(10-16-12-4-5-12)18(11-15)13-6-7-13/h1,9,11-13,16H,4-8,10H2,2H3. The molecule has 1 aromatic rings. The van der Waals surface area contributed by atoms with Crippen LogP contribution in [0.4, 0.5) is 0 Å². The van der Waals surface area contributed by atoms with Gasteiger partial charge in [-0.15, -0.1) is 6.42 Å². The van der Waals surface area contributed by atoms with E-state index in [4.69, 9.17) is 6.42 Å². The molecule has 0 saturated heterocycles. The lowest BCUT2D eigenvalue weighted by Crippen LogP contribution is -2.26. The molecule has 1 aromatic heterocycles. The van der Waals surface area contributed by atoms with Crippen molar-refractivity contribution in [2.24, 2.45) is 0 Å². The Balaban J connectivity index is 1.84. The van der Waals surface area contributed by atoms with Crippen LogP contribution >= 0.6 is 0 Å². The molecule has 0 aromatic carbocycles. The largest absolute Gasteiger partial charge is 0.346 e. The van der Waals surface area contributed by atoms with Crippen LogP contribution in [0.2, 0.25) is 0 Å². The van der Waals surface area contributed by atoms with E-state index >= 15 is 0 Å². The average Bonchev–Trinajstić information content (AvgIpc) is 3.36. The Morgan fingerprint density at radius 2 is 2.14 bits per heavy atom. The van der Waals surface area contributed by atoms with Gasteiger partial charge in [0.15, 0.2) is 0 Å². The average molecular weight is 307 g/mol. The first-order valence-electron chi connectivity index (χ1n) is 7.36. The predicted octanol–water partition coefficient (Wildman–Crippen LogP) is 1.33. The summed E-state index contributed by atoms with van der Waals surface area (Å²) in [5.74, 6) is 2.38. The molecule has 0 amide bonds. The smallest absolute Gasteiger partial charge is 0.245 e. The van der Waals surface area contributed by atoms with Gasteiger partial charge in [0.1, 0.15) is 4.90 Å². The second kappa shape index (κ2) is 5.48. The van der Waals surface area contributed by atoms with Crippen LogP contribution in [-0.4, -0.2) is 36.9 Å². The Hall–Kier alpha value is -1.29. The number of terminal acetylenes is 1. The maximum absolute atomic E-state index is 12.5. The molecule has 0 aliphatic heterocycles. The van der Waals surface area contributed by atoms with Gasteiger partial charge in [-0.05, 0) is 31.7 Å². The maximum atomic E-state index is 12.5. The minimum atomic E-state index is -3.49. The lowest BCUT2D eigenvalue weighted by Gasteiger charge is -2.12. The molecule has 1 N–H and O–H groups in total. The lowest BCUT2D eigenvalue weighted by atomic mass is 10.4. The van der Waals surface area contributed by atoms with Crippen molar-refractivity contribution in [3.8, 4) is 12.3 Å². The van der Waals surface area contributed by atoms with E-state index < -0.39 is 10.0 Å². The molecule has 5 nitrogen and oxygen atoms in total. The summed E-state index contributed by atoms with van der Waals surface area (Å²) in [5, 5.41) is 3.45. The fraction of sp³-hybridized carbons (Fsp3) is 0.600. The highest BCUT2D eigenvalue weighted by molar-refractivity contribution is 7.89. The molecule has 0 spiro atoms. The summed E-state index contributed by atoms with van der Waals surface area (Å²) in [7, 11) is -1.97. The third kappa shape index (κ3) is 3.15. The van der Waals surface area contributed by atoms with Crippen molar-refractivity contribution < 1.29 is 8.42 Å². The van der Waals surface area contributed by atoms with Crippen molar-refractivity contribution in [3.63, 3.8) is 0 Å². The summed E-state index contributed by atoms with van der Waals surface area (Å²) in [6.07, 6.45) is 11.7. The molecule has 2 fully saturated rings. The second-order valence-electron chi connectivity index (χ2n) is 5.93. The third-order valence-electron chi connectivity index (χ3n) is 4.02. The van der Waals surface area contributed by atoms with Gasteiger partial charge < -0.3 is 9.88 Å². The zero-order valence-corrected chi connectivity index (χ0v) is 13.1. The highest BCUT2D eigenvalue weighted by atomic mass is 32.2. The van der Waals surface area contributed by atoms with Gasteiger partial charge in [0, 0.05) is 37.6 Å². The van der Waals surface area contributed by atoms with Gasteiger partial charge in [-0.3, -0.25) is 0 Å². The number of nitrogens with one attached hydrogen (secondary N) is 1. The molecule has 1 heterocycles. The summed E-state index contributed by atoms with van der Waals surface area (Å²) in [4.78, 5) is 0.347. The van der Waals surface area contributed by atoms with Crippen LogP contribution in [0, 0.1) is 12.3 Å². The summed E-state index contributed by atoms with van der Waals surface area (Å²) in [6, 6.07) is 2.86. The zero-order valence-electron chi connectivity index (χ0n) is 12.2. The Bertz CT molecular complexity index is 664. The lowest BCUT2D eigenvalue weighted by molar-refractivity contribution is 0.502. The van der Waals surface area contributed by atoms with E-state index in [1.807, 2.05) is 0 Å². The van der Waals surface area contributed by atoms with Crippen LogP contribution in [0.25, 0.3) is 0 Å². The van der Waals surface area contributed by atoms with Crippen LogP contribution in [0.3, 0.4) is 0 Å². The maximum Gasteiger partial charge on any atom is 0.245 e. The topological polar surface area (TPSA) is 54.3 Å². The quantitative estimate of drug-likeness (QED) is 0.773. The molecule has 0 radical (unpaired) electrons. The van der Waals surface area contributed by atoms with Crippen LogP contribution in [-0.2, 0) is 16.6 Å². The first kappa shape index (κ1) is 14.6.